The van der Waals surface area contributed by atoms with Gasteiger partial charge in [-0.3, -0.25) is 0 Å². The highest BCUT2D eigenvalue weighted by Crippen LogP contribution is 2.35. The smallest absolute Gasteiger partial charge is 0.0853 e. The van der Waals surface area contributed by atoms with Crippen LogP contribution in [0.25, 0.3) is 0 Å². The molecule has 2 nitrogen and oxygen atoms in total. The molecule has 0 bridgehead atoms. The van der Waals surface area contributed by atoms with E-state index in [1.54, 1.807) is 0 Å². The molecule has 1 heterocycles. The van der Waals surface area contributed by atoms with Crippen molar-refractivity contribution in [1.82, 2.24) is 4.90 Å². The lowest BCUT2D eigenvalue weighted by Crippen LogP contribution is -2.39. The minimum absolute atomic E-state index is 0.111. The van der Waals surface area contributed by atoms with Crippen molar-refractivity contribution in [2.45, 2.75) is 45.8 Å². The number of aliphatic hydroxyl groups excluding tert-OH is 1. The molecule has 0 spiro atoms. The Morgan fingerprint density at radius 3 is 2.56 bits per heavy atom. The molecule has 1 aliphatic heterocycles. The number of hydrogen-bond acceptors (Lipinski definition) is 2. The fraction of sp³-hybridized carbons (Fsp3) is 0.625. The van der Waals surface area contributed by atoms with Crippen molar-refractivity contribution in [1.29, 1.82) is 0 Å². The Hall–Kier alpha value is -0.860. The van der Waals surface area contributed by atoms with E-state index >= 15 is 0 Å². The van der Waals surface area contributed by atoms with Gasteiger partial charge in [-0.1, -0.05) is 44.2 Å². The zero-order chi connectivity index (χ0) is 13.2. The summed E-state index contributed by atoms with van der Waals surface area (Å²) >= 11 is 0. The fourth-order valence-electron chi connectivity index (χ4n) is 2.92. The second-order valence-electron chi connectivity index (χ2n) is 6.26. The number of benzene rings is 1. The number of nitrogens with zero attached hydrogens (tertiary/aromatic N) is 1. The van der Waals surface area contributed by atoms with Crippen molar-refractivity contribution in [3.8, 4) is 0 Å². The second-order valence-corrected chi connectivity index (χ2v) is 6.26. The Balaban J connectivity index is 2.06. The molecule has 1 aromatic carbocycles. The van der Waals surface area contributed by atoms with E-state index in [9.17, 15) is 5.11 Å². The van der Waals surface area contributed by atoms with Crippen molar-refractivity contribution in [2.24, 2.45) is 5.41 Å². The maximum absolute atomic E-state index is 10.6. The van der Waals surface area contributed by atoms with Crippen LogP contribution in [0.4, 0.5) is 0 Å². The first-order chi connectivity index (χ1) is 8.50. The number of aliphatic hydroxyl groups is 1. The van der Waals surface area contributed by atoms with Crippen LogP contribution in [0.2, 0.25) is 0 Å². The summed E-state index contributed by atoms with van der Waals surface area (Å²) in [7, 11) is 0. The monoisotopic (exact) mass is 247 g/mol. The van der Waals surface area contributed by atoms with E-state index in [0.717, 1.165) is 12.1 Å². The van der Waals surface area contributed by atoms with Gasteiger partial charge in [0, 0.05) is 18.0 Å². The zero-order valence-electron chi connectivity index (χ0n) is 11.8. The summed E-state index contributed by atoms with van der Waals surface area (Å²) in [5.41, 5.74) is 0.911. The van der Waals surface area contributed by atoms with Crippen molar-refractivity contribution in [2.75, 3.05) is 13.1 Å². The Morgan fingerprint density at radius 1 is 1.33 bits per heavy atom. The molecule has 0 saturated carbocycles. The van der Waals surface area contributed by atoms with Crippen molar-refractivity contribution >= 4 is 0 Å². The maximum Gasteiger partial charge on any atom is 0.0853 e. The van der Waals surface area contributed by atoms with E-state index in [4.69, 9.17) is 0 Å². The molecule has 0 aromatic heterocycles. The van der Waals surface area contributed by atoms with Gasteiger partial charge in [-0.05, 0) is 31.9 Å². The van der Waals surface area contributed by atoms with Gasteiger partial charge in [0.1, 0.15) is 0 Å². The van der Waals surface area contributed by atoms with Crippen LogP contribution in [0.5, 0.6) is 0 Å². The van der Waals surface area contributed by atoms with Gasteiger partial charge in [-0.15, -0.1) is 0 Å². The van der Waals surface area contributed by atoms with Gasteiger partial charge in [0.2, 0.25) is 0 Å². The summed E-state index contributed by atoms with van der Waals surface area (Å²) in [5.74, 6) is 0. The highest BCUT2D eigenvalue weighted by atomic mass is 16.3. The number of rotatable bonds is 4. The molecule has 2 rings (SSSR count). The Bertz CT molecular complexity index is 374. The third kappa shape index (κ3) is 2.93. The summed E-state index contributed by atoms with van der Waals surface area (Å²) in [6.07, 6.45) is 2.18. The molecular formula is C16H25NO. The summed E-state index contributed by atoms with van der Waals surface area (Å²) in [5, 5.41) is 10.6. The Labute approximate surface area is 111 Å². The van der Waals surface area contributed by atoms with Gasteiger partial charge < -0.3 is 10.0 Å². The van der Waals surface area contributed by atoms with E-state index in [2.05, 4.69) is 25.7 Å². The lowest BCUT2D eigenvalue weighted by atomic mass is 9.82. The Kier molecular flexibility index (Phi) is 4.08. The first-order valence-electron chi connectivity index (χ1n) is 6.98. The predicted octanol–water partition coefficient (Wildman–Crippen LogP) is 3.23. The summed E-state index contributed by atoms with van der Waals surface area (Å²) in [6.45, 7) is 8.75. The minimum atomic E-state index is -0.397. The van der Waals surface area contributed by atoms with Gasteiger partial charge in [0.25, 0.3) is 0 Å². The van der Waals surface area contributed by atoms with Crippen LogP contribution in [-0.4, -0.2) is 29.1 Å². The zero-order valence-corrected chi connectivity index (χ0v) is 11.8. The van der Waals surface area contributed by atoms with Crippen LogP contribution in [0.3, 0.4) is 0 Å². The molecule has 1 aliphatic rings. The summed E-state index contributed by atoms with van der Waals surface area (Å²) in [6, 6.07) is 10.7. The first-order valence-corrected chi connectivity index (χ1v) is 6.98. The van der Waals surface area contributed by atoms with Gasteiger partial charge in [0.05, 0.1) is 6.10 Å². The van der Waals surface area contributed by atoms with Crippen LogP contribution in [0, 0.1) is 5.41 Å². The topological polar surface area (TPSA) is 23.5 Å². The largest absolute Gasteiger partial charge is 0.388 e. The first kappa shape index (κ1) is 13.6. The van der Waals surface area contributed by atoms with E-state index in [0.29, 0.717) is 6.04 Å². The SMILES string of the molecule is CC1CCCN1CC(C)(C)C(O)c1ccccc1. The van der Waals surface area contributed by atoms with Crippen molar-refractivity contribution in [3.05, 3.63) is 35.9 Å². The Morgan fingerprint density at radius 2 is 2.00 bits per heavy atom. The third-order valence-corrected chi connectivity index (χ3v) is 4.16. The molecule has 2 unspecified atom stereocenters. The molecule has 0 radical (unpaired) electrons. The molecule has 100 valence electrons. The summed E-state index contributed by atoms with van der Waals surface area (Å²) in [4.78, 5) is 2.51. The lowest BCUT2D eigenvalue weighted by molar-refractivity contribution is 0.0187. The van der Waals surface area contributed by atoms with Crippen LogP contribution < -0.4 is 0 Å². The van der Waals surface area contributed by atoms with Gasteiger partial charge in [-0.2, -0.15) is 0 Å². The van der Waals surface area contributed by atoms with E-state index in [1.807, 2.05) is 30.3 Å². The number of hydrogen-bond donors (Lipinski definition) is 1. The van der Waals surface area contributed by atoms with E-state index in [1.165, 1.54) is 19.4 Å². The van der Waals surface area contributed by atoms with Crippen molar-refractivity contribution in [3.63, 3.8) is 0 Å². The maximum atomic E-state index is 10.6. The lowest BCUT2D eigenvalue weighted by Gasteiger charge is -2.36. The molecule has 1 saturated heterocycles. The average molecular weight is 247 g/mol. The standard InChI is InChI=1S/C16H25NO/c1-13-8-7-11-17(13)12-16(2,3)15(18)14-9-5-4-6-10-14/h4-6,9-10,13,15,18H,7-8,11-12H2,1-3H3. The molecule has 1 aromatic rings. The van der Waals surface area contributed by atoms with Gasteiger partial charge >= 0.3 is 0 Å². The van der Waals surface area contributed by atoms with Crippen molar-refractivity contribution < 1.29 is 5.11 Å². The number of likely N-dealkylation sites (tertiary alicyclic amines) is 1. The molecular weight excluding hydrogens is 222 g/mol. The quantitative estimate of drug-likeness (QED) is 0.883. The predicted molar refractivity (Wildman–Crippen MR) is 75.5 cm³/mol. The third-order valence-electron chi connectivity index (χ3n) is 4.16. The van der Waals surface area contributed by atoms with E-state index in [-0.39, 0.29) is 5.41 Å². The van der Waals surface area contributed by atoms with Crippen LogP contribution in [0.15, 0.2) is 30.3 Å². The van der Waals surface area contributed by atoms with E-state index < -0.39 is 6.10 Å². The van der Waals surface area contributed by atoms with Crippen LogP contribution in [0.1, 0.15) is 45.3 Å². The molecule has 0 amide bonds. The minimum Gasteiger partial charge on any atom is -0.388 e. The molecule has 1 N–H and O–H groups in total. The molecule has 18 heavy (non-hydrogen) atoms. The molecule has 1 fully saturated rings. The van der Waals surface area contributed by atoms with Gasteiger partial charge in [-0.25, -0.2) is 0 Å². The molecule has 2 heteroatoms. The molecule has 2 atom stereocenters. The molecule has 0 aliphatic carbocycles. The normalized spacial score (nSPS) is 23.2. The van der Waals surface area contributed by atoms with Crippen LogP contribution >= 0.6 is 0 Å². The summed E-state index contributed by atoms with van der Waals surface area (Å²) < 4.78 is 0. The van der Waals surface area contributed by atoms with Crippen LogP contribution in [-0.2, 0) is 0 Å². The van der Waals surface area contributed by atoms with Gasteiger partial charge in [0.15, 0.2) is 0 Å². The second kappa shape index (κ2) is 5.41. The highest BCUT2D eigenvalue weighted by Gasteiger charge is 2.33. The highest BCUT2D eigenvalue weighted by molar-refractivity contribution is 5.19. The average Bonchev–Trinajstić information content (AvgIpc) is 2.74. The fourth-order valence-corrected chi connectivity index (χ4v) is 2.92.